The van der Waals surface area contributed by atoms with E-state index in [-0.39, 0.29) is 5.91 Å². The molecule has 3 aromatic carbocycles. The number of unbranched alkanes of at least 4 members (excludes halogenated alkanes) is 1. The van der Waals surface area contributed by atoms with Gasteiger partial charge in [-0.3, -0.25) is 4.79 Å². The lowest BCUT2D eigenvalue weighted by atomic mass is 9.83. The Balaban J connectivity index is 1.51. The van der Waals surface area contributed by atoms with E-state index in [9.17, 15) is 4.79 Å². The molecule has 0 fully saturated rings. The summed E-state index contributed by atoms with van der Waals surface area (Å²) < 4.78 is 2.72. The molecular weight excluding hydrogens is 555 g/mol. The Hall–Kier alpha value is -3.18. The Morgan fingerprint density at radius 3 is 2.43 bits per heavy atom. The van der Waals surface area contributed by atoms with Gasteiger partial charge in [-0.15, -0.1) is 0 Å². The Morgan fingerprint density at radius 1 is 0.886 bits per heavy atom. The number of hydrogen-bond donors (Lipinski definition) is 0. The van der Waals surface area contributed by atoms with Gasteiger partial charge in [0.25, 0.3) is 5.91 Å². The van der Waals surface area contributed by atoms with Crippen LogP contribution >= 0.6 is 0 Å². The van der Waals surface area contributed by atoms with Crippen molar-refractivity contribution in [3.05, 3.63) is 85.9 Å². The molecule has 0 radical (unpaired) electrons. The lowest BCUT2D eigenvalue weighted by Crippen LogP contribution is -2.68. The van der Waals surface area contributed by atoms with Gasteiger partial charge in [0.15, 0.2) is 0 Å². The Bertz CT molecular complexity index is 1830. The second-order valence-electron chi connectivity index (χ2n) is 14.6. The van der Waals surface area contributed by atoms with Gasteiger partial charge in [-0.2, -0.15) is 0 Å². The summed E-state index contributed by atoms with van der Waals surface area (Å²) in [5, 5.41) is 6.40. The average molecular weight is 603 g/mol. The minimum atomic E-state index is -2.10. The first-order chi connectivity index (χ1) is 21.4. The van der Waals surface area contributed by atoms with Crippen LogP contribution < -0.4 is 30.4 Å². The molecule has 0 atom stereocenters. The molecular formula is C39H48N3OSi+. The number of carbonyl (C=O) groups excluding carboxylic acids is 1. The zero-order valence-electron chi connectivity index (χ0n) is 27.3. The lowest BCUT2D eigenvalue weighted by Gasteiger charge is -2.43. The van der Waals surface area contributed by atoms with Gasteiger partial charge < -0.3 is 9.80 Å². The molecule has 3 aromatic rings. The van der Waals surface area contributed by atoms with Crippen LogP contribution in [0.1, 0.15) is 89.2 Å². The van der Waals surface area contributed by atoms with Gasteiger partial charge in [-0.1, -0.05) is 44.6 Å². The molecule has 0 saturated heterocycles. The van der Waals surface area contributed by atoms with Gasteiger partial charge >= 0.3 is 0 Å². The Morgan fingerprint density at radius 2 is 1.61 bits per heavy atom. The highest BCUT2D eigenvalue weighted by atomic mass is 28.3. The smallest absolute Gasteiger partial charge is 0.254 e. The van der Waals surface area contributed by atoms with E-state index in [2.05, 4.69) is 65.9 Å². The number of anilines is 1. The quantitative estimate of drug-likeness (QED) is 0.326. The van der Waals surface area contributed by atoms with E-state index in [1.54, 1.807) is 43.7 Å². The maximum Gasteiger partial charge on any atom is 0.254 e. The first kappa shape index (κ1) is 28.3. The van der Waals surface area contributed by atoms with Crippen molar-refractivity contribution in [2.24, 2.45) is 0 Å². The third-order valence-electron chi connectivity index (χ3n) is 11.5. The predicted molar refractivity (Wildman–Crippen MR) is 185 cm³/mol. The molecule has 1 amide bonds. The molecule has 0 unspecified atom stereocenters. The van der Waals surface area contributed by atoms with Gasteiger partial charge in [0.05, 0.1) is 0 Å². The molecule has 0 N–H and O–H groups in total. The number of fused-ring (bicyclic) bond motifs is 4. The van der Waals surface area contributed by atoms with E-state index < -0.39 is 8.07 Å². The monoisotopic (exact) mass is 602 g/mol. The molecule has 0 saturated carbocycles. The van der Waals surface area contributed by atoms with Crippen LogP contribution in [-0.2, 0) is 25.7 Å². The zero-order chi connectivity index (χ0) is 30.2. The van der Waals surface area contributed by atoms with Gasteiger partial charge in [-0.05, 0) is 107 Å². The minimum absolute atomic E-state index is 0.155. The zero-order valence-corrected chi connectivity index (χ0v) is 28.3. The Labute approximate surface area is 264 Å². The van der Waals surface area contributed by atoms with Crippen LogP contribution in [0.15, 0.2) is 36.4 Å². The van der Waals surface area contributed by atoms with Crippen molar-refractivity contribution in [2.45, 2.75) is 84.2 Å². The van der Waals surface area contributed by atoms with Crippen LogP contribution in [0, 0.1) is 0 Å². The maximum atomic E-state index is 14.2. The molecule has 8 rings (SSSR count). The van der Waals surface area contributed by atoms with Crippen LogP contribution in [0.25, 0.3) is 5.57 Å². The van der Waals surface area contributed by atoms with Gasteiger partial charge in [-0.25, -0.2) is 4.58 Å². The van der Waals surface area contributed by atoms with Crippen LogP contribution in [0.3, 0.4) is 0 Å². The topological polar surface area (TPSA) is 26.6 Å². The van der Waals surface area contributed by atoms with Gasteiger partial charge in [0.1, 0.15) is 21.2 Å². The molecule has 5 heteroatoms. The number of rotatable bonds is 5. The van der Waals surface area contributed by atoms with Crippen molar-refractivity contribution >= 4 is 35.6 Å². The summed E-state index contributed by atoms with van der Waals surface area (Å²) in [6.07, 6.45) is 11.8. The predicted octanol–water partition coefficient (Wildman–Crippen LogP) is 4.02. The fraction of sp³-hybridized carbons (Fsp3) is 0.487. The van der Waals surface area contributed by atoms with E-state index in [0.717, 1.165) is 30.5 Å². The van der Waals surface area contributed by atoms with E-state index in [1.807, 2.05) is 11.9 Å². The van der Waals surface area contributed by atoms with Gasteiger partial charge in [0, 0.05) is 61.9 Å². The fourth-order valence-electron chi connectivity index (χ4n) is 9.69. The number of amides is 1. The van der Waals surface area contributed by atoms with Crippen LogP contribution in [-0.4, -0.2) is 58.7 Å². The van der Waals surface area contributed by atoms with E-state index in [0.29, 0.717) is 0 Å². The molecule has 5 aliphatic rings. The molecule has 4 nitrogen and oxygen atoms in total. The van der Waals surface area contributed by atoms with Crippen LogP contribution in [0.5, 0.6) is 0 Å². The maximum absolute atomic E-state index is 14.2. The van der Waals surface area contributed by atoms with E-state index in [4.69, 9.17) is 0 Å². The average Bonchev–Trinajstić information content (AvgIpc) is 3.03. The highest BCUT2D eigenvalue weighted by molar-refractivity contribution is 7.02. The summed E-state index contributed by atoms with van der Waals surface area (Å²) >= 11 is 0. The first-order valence-electron chi connectivity index (χ1n) is 17.5. The lowest BCUT2D eigenvalue weighted by molar-refractivity contribution is 0.0793. The summed E-state index contributed by atoms with van der Waals surface area (Å²) in [4.78, 5) is 18.9. The van der Waals surface area contributed by atoms with E-state index in [1.165, 1.54) is 93.9 Å². The molecule has 0 bridgehead atoms. The molecule has 0 aromatic heterocycles. The number of carbonyl (C=O) groups is 1. The standard InChI is InChI=1S/C39H48N3OSi/c1-5-6-19-40(2)39(43)29-16-8-7-15-28(29)34-32-24-26-13-9-20-41-22-11-17-30(35(26)41)37(32)44(3,4)38-31-18-12-23-42-21-10-14-27(36(31)42)25-33(34)38/h7-8,15-16,24-25H,5-6,9-14,17-23H2,1-4H3/q+1. The second-order valence-corrected chi connectivity index (χ2v) is 18.8. The normalized spacial score (nSPS) is 19.1. The van der Waals surface area contributed by atoms with Crippen molar-refractivity contribution in [3.8, 4) is 0 Å². The third kappa shape index (κ3) is 4.14. The number of hydrogen-bond acceptors (Lipinski definition) is 2. The molecule has 228 valence electrons. The van der Waals surface area contributed by atoms with Crippen molar-refractivity contribution in [1.82, 2.24) is 9.48 Å². The van der Waals surface area contributed by atoms with Crippen LogP contribution in [0.2, 0.25) is 13.1 Å². The summed E-state index contributed by atoms with van der Waals surface area (Å²) in [6, 6.07) is 13.8. The van der Waals surface area contributed by atoms with Crippen molar-refractivity contribution < 1.29 is 4.79 Å². The summed E-state index contributed by atoms with van der Waals surface area (Å²) in [5.41, 5.74) is 12.8. The van der Waals surface area contributed by atoms with Crippen molar-refractivity contribution in [3.63, 3.8) is 0 Å². The fourth-order valence-corrected chi connectivity index (χ4v) is 13.7. The number of benzene rings is 3. The molecule has 5 heterocycles. The van der Waals surface area contributed by atoms with Gasteiger partial charge in [0.2, 0.25) is 5.36 Å². The molecule has 0 spiro atoms. The van der Waals surface area contributed by atoms with Crippen molar-refractivity contribution in [1.29, 1.82) is 0 Å². The third-order valence-corrected chi connectivity index (χ3v) is 15.1. The second kappa shape index (κ2) is 10.7. The highest BCUT2D eigenvalue weighted by Gasteiger charge is 2.44. The molecule has 5 aliphatic heterocycles. The minimum Gasteiger partial charge on any atom is -0.371 e. The SMILES string of the molecule is CCCCN(C)C(=O)c1ccccc1C1=c2cc3c4c(c2[Si](C)(C)c2c1cc1c5c2CCCN5CCC1)CCC[N+]=4CCC3. The number of aryl methyl sites for hydroxylation is 2. The largest absolute Gasteiger partial charge is 0.371 e. The summed E-state index contributed by atoms with van der Waals surface area (Å²) in [7, 11) is -0.113. The molecule has 44 heavy (non-hydrogen) atoms. The Kier molecular flexibility index (Phi) is 6.89. The van der Waals surface area contributed by atoms with Crippen molar-refractivity contribution in [2.75, 3.05) is 44.7 Å². The van der Waals surface area contributed by atoms with Crippen LogP contribution in [0.4, 0.5) is 5.69 Å². The number of nitrogens with zero attached hydrogens (tertiary/aromatic N) is 3. The summed E-state index contributed by atoms with van der Waals surface area (Å²) in [5.74, 6) is 0.155. The van der Waals surface area contributed by atoms with E-state index >= 15 is 0 Å². The highest BCUT2D eigenvalue weighted by Crippen LogP contribution is 2.40. The molecule has 0 aliphatic carbocycles. The summed E-state index contributed by atoms with van der Waals surface area (Å²) in [6.45, 7) is 13.1. The first-order valence-corrected chi connectivity index (χ1v) is 20.5.